The molecular formula is C14H20N2O. The summed E-state index contributed by atoms with van der Waals surface area (Å²) in [6.45, 7) is 4.89. The Morgan fingerprint density at radius 1 is 1.35 bits per heavy atom. The van der Waals surface area contributed by atoms with Crippen LogP contribution in [-0.4, -0.2) is 25.2 Å². The highest BCUT2D eigenvalue weighted by atomic mass is 16.5. The van der Waals surface area contributed by atoms with E-state index < -0.39 is 0 Å². The van der Waals surface area contributed by atoms with Crippen molar-refractivity contribution in [1.82, 2.24) is 10.3 Å². The van der Waals surface area contributed by atoms with Gasteiger partial charge >= 0.3 is 0 Å². The van der Waals surface area contributed by atoms with Crippen LogP contribution in [0.4, 0.5) is 0 Å². The zero-order valence-corrected chi connectivity index (χ0v) is 10.5. The number of hydrogen-bond acceptors (Lipinski definition) is 2. The summed E-state index contributed by atoms with van der Waals surface area (Å²) in [4.78, 5) is 3.20. The predicted molar refractivity (Wildman–Crippen MR) is 71.0 cm³/mol. The molecule has 0 fully saturated rings. The highest BCUT2D eigenvalue weighted by Gasteiger charge is 2.01. The molecule has 2 aromatic rings. The molecule has 0 spiro atoms. The summed E-state index contributed by atoms with van der Waals surface area (Å²) in [7, 11) is 1.75. The van der Waals surface area contributed by atoms with Gasteiger partial charge in [0.1, 0.15) is 0 Å². The number of hydrogen-bond donors (Lipinski definition) is 2. The van der Waals surface area contributed by atoms with Gasteiger partial charge in [-0.05, 0) is 35.1 Å². The third-order valence-electron chi connectivity index (χ3n) is 2.89. The summed E-state index contributed by atoms with van der Waals surface area (Å²) in [5.41, 5.74) is 2.52. The van der Waals surface area contributed by atoms with Crippen LogP contribution in [0, 0.1) is 5.92 Å². The third kappa shape index (κ3) is 3.32. The lowest BCUT2D eigenvalue weighted by molar-refractivity contribution is 0.158. The minimum Gasteiger partial charge on any atom is -0.384 e. The van der Waals surface area contributed by atoms with E-state index in [-0.39, 0.29) is 0 Å². The van der Waals surface area contributed by atoms with Crippen molar-refractivity contribution < 1.29 is 4.74 Å². The second-order valence-corrected chi connectivity index (χ2v) is 4.59. The number of aromatic amines is 1. The van der Waals surface area contributed by atoms with Crippen LogP contribution in [-0.2, 0) is 11.3 Å². The molecule has 2 rings (SSSR count). The molecule has 2 N–H and O–H groups in total. The van der Waals surface area contributed by atoms with Gasteiger partial charge in [-0.1, -0.05) is 13.0 Å². The van der Waals surface area contributed by atoms with Crippen molar-refractivity contribution in [2.75, 3.05) is 20.3 Å². The van der Waals surface area contributed by atoms with Crippen LogP contribution >= 0.6 is 0 Å². The van der Waals surface area contributed by atoms with Crippen LogP contribution in [0.1, 0.15) is 12.5 Å². The lowest BCUT2D eigenvalue weighted by Gasteiger charge is -2.11. The molecular weight excluding hydrogens is 212 g/mol. The molecule has 1 atom stereocenters. The largest absolute Gasteiger partial charge is 0.384 e. The van der Waals surface area contributed by atoms with Crippen LogP contribution in [0.15, 0.2) is 30.5 Å². The fourth-order valence-corrected chi connectivity index (χ4v) is 2.02. The average Bonchev–Trinajstić information content (AvgIpc) is 2.76. The molecule has 1 aromatic heterocycles. The molecule has 0 radical (unpaired) electrons. The molecule has 92 valence electrons. The molecule has 1 unspecified atom stereocenters. The summed E-state index contributed by atoms with van der Waals surface area (Å²) in [5, 5.41) is 4.73. The van der Waals surface area contributed by atoms with E-state index in [4.69, 9.17) is 4.74 Å². The Labute approximate surface area is 102 Å². The van der Waals surface area contributed by atoms with Gasteiger partial charge in [0.25, 0.3) is 0 Å². The third-order valence-corrected chi connectivity index (χ3v) is 2.89. The highest BCUT2D eigenvalue weighted by molar-refractivity contribution is 5.79. The fourth-order valence-electron chi connectivity index (χ4n) is 2.02. The van der Waals surface area contributed by atoms with Gasteiger partial charge in [-0.25, -0.2) is 0 Å². The van der Waals surface area contributed by atoms with Crippen LogP contribution in [0.25, 0.3) is 10.9 Å². The van der Waals surface area contributed by atoms with E-state index in [1.165, 1.54) is 16.5 Å². The first kappa shape index (κ1) is 12.1. The summed E-state index contributed by atoms with van der Waals surface area (Å²) < 4.78 is 5.11. The summed E-state index contributed by atoms with van der Waals surface area (Å²) in [6.07, 6.45) is 1.97. The molecule has 1 heterocycles. The first-order valence-corrected chi connectivity index (χ1v) is 6.05. The number of benzene rings is 1. The van der Waals surface area contributed by atoms with E-state index in [1.807, 2.05) is 6.20 Å². The van der Waals surface area contributed by atoms with E-state index in [2.05, 4.69) is 41.5 Å². The van der Waals surface area contributed by atoms with E-state index in [0.717, 1.165) is 19.7 Å². The van der Waals surface area contributed by atoms with Gasteiger partial charge in [0.15, 0.2) is 0 Å². The first-order chi connectivity index (χ1) is 8.29. The van der Waals surface area contributed by atoms with E-state index in [9.17, 15) is 0 Å². The molecule has 0 aliphatic heterocycles. The van der Waals surface area contributed by atoms with Gasteiger partial charge < -0.3 is 15.0 Å². The van der Waals surface area contributed by atoms with Gasteiger partial charge in [0, 0.05) is 38.5 Å². The molecule has 3 nitrogen and oxygen atoms in total. The molecule has 0 bridgehead atoms. The minimum absolute atomic E-state index is 0.552. The minimum atomic E-state index is 0.552. The smallest absolute Gasteiger partial charge is 0.0499 e. The van der Waals surface area contributed by atoms with Gasteiger partial charge in [0.05, 0.1) is 0 Å². The van der Waals surface area contributed by atoms with Crippen molar-refractivity contribution in [3.05, 3.63) is 36.0 Å². The lowest BCUT2D eigenvalue weighted by Crippen LogP contribution is -2.23. The number of rotatable bonds is 6. The van der Waals surface area contributed by atoms with Gasteiger partial charge in [-0.3, -0.25) is 0 Å². The van der Waals surface area contributed by atoms with Crippen LogP contribution in [0.3, 0.4) is 0 Å². The Morgan fingerprint density at radius 2 is 2.24 bits per heavy atom. The number of ether oxygens (including phenoxy) is 1. The SMILES string of the molecule is COCC(C)CNCc1ccc2[nH]ccc2c1. The van der Waals surface area contributed by atoms with Gasteiger partial charge in [-0.2, -0.15) is 0 Å². The molecule has 17 heavy (non-hydrogen) atoms. The van der Waals surface area contributed by atoms with Crippen molar-refractivity contribution in [3.63, 3.8) is 0 Å². The molecule has 0 aliphatic carbocycles. The Morgan fingerprint density at radius 3 is 3.06 bits per heavy atom. The van der Waals surface area contributed by atoms with Crippen LogP contribution in [0.5, 0.6) is 0 Å². The second-order valence-electron chi connectivity index (χ2n) is 4.59. The maximum absolute atomic E-state index is 5.11. The summed E-state index contributed by atoms with van der Waals surface area (Å²) in [6, 6.07) is 8.62. The maximum Gasteiger partial charge on any atom is 0.0499 e. The number of aromatic nitrogens is 1. The van der Waals surface area contributed by atoms with E-state index >= 15 is 0 Å². The zero-order valence-electron chi connectivity index (χ0n) is 10.5. The number of methoxy groups -OCH3 is 1. The van der Waals surface area contributed by atoms with Crippen molar-refractivity contribution in [1.29, 1.82) is 0 Å². The average molecular weight is 232 g/mol. The second kappa shape index (κ2) is 5.84. The fraction of sp³-hybridized carbons (Fsp3) is 0.429. The first-order valence-electron chi connectivity index (χ1n) is 6.05. The van der Waals surface area contributed by atoms with Crippen molar-refractivity contribution >= 4 is 10.9 Å². The maximum atomic E-state index is 5.11. The molecule has 0 aliphatic rings. The molecule has 0 saturated carbocycles. The van der Waals surface area contributed by atoms with Gasteiger partial charge in [0.2, 0.25) is 0 Å². The van der Waals surface area contributed by atoms with Crippen molar-refractivity contribution in [2.45, 2.75) is 13.5 Å². The number of fused-ring (bicyclic) bond motifs is 1. The zero-order chi connectivity index (χ0) is 12.1. The van der Waals surface area contributed by atoms with Gasteiger partial charge in [-0.15, -0.1) is 0 Å². The Kier molecular flexibility index (Phi) is 4.18. The Hall–Kier alpha value is -1.32. The number of H-pyrrole nitrogens is 1. The van der Waals surface area contributed by atoms with Crippen molar-refractivity contribution in [3.8, 4) is 0 Å². The monoisotopic (exact) mass is 232 g/mol. The molecule has 0 amide bonds. The standard InChI is InChI=1S/C14H20N2O/c1-11(10-17-2)8-15-9-12-3-4-14-13(7-12)5-6-16-14/h3-7,11,15-16H,8-10H2,1-2H3. The van der Waals surface area contributed by atoms with Crippen molar-refractivity contribution in [2.24, 2.45) is 5.92 Å². The molecule has 0 saturated heterocycles. The topological polar surface area (TPSA) is 37.0 Å². The van der Waals surface area contributed by atoms with Crippen LogP contribution in [0.2, 0.25) is 0 Å². The summed E-state index contributed by atoms with van der Waals surface area (Å²) >= 11 is 0. The summed E-state index contributed by atoms with van der Waals surface area (Å²) in [5.74, 6) is 0.552. The number of nitrogens with one attached hydrogen (secondary N) is 2. The predicted octanol–water partition coefficient (Wildman–Crippen LogP) is 2.54. The quantitative estimate of drug-likeness (QED) is 0.803. The molecule has 1 aromatic carbocycles. The molecule has 3 heteroatoms. The van der Waals surface area contributed by atoms with E-state index in [1.54, 1.807) is 7.11 Å². The van der Waals surface area contributed by atoms with Crippen LogP contribution < -0.4 is 5.32 Å². The Bertz CT molecular complexity index is 464. The van der Waals surface area contributed by atoms with E-state index in [0.29, 0.717) is 5.92 Å². The Balaban J connectivity index is 1.86. The highest BCUT2D eigenvalue weighted by Crippen LogP contribution is 2.14. The normalized spacial score (nSPS) is 13.1. The lowest BCUT2D eigenvalue weighted by atomic mass is 10.1.